The first kappa shape index (κ1) is 14.1. The molecule has 2 rings (SSSR count). The smallest absolute Gasteiger partial charge is 0.223 e. The van der Waals surface area contributed by atoms with Crippen molar-refractivity contribution in [2.75, 3.05) is 6.54 Å². The summed E-state index contributed by atoms with van der Waals surface area (Å²) in [6.07, 6.45) is 3.38. The molecule has 0 saturated carbocycles. The van der Waals surface area contributed by atoms with Crippen LogP contribution in [0.25, 0.3) is 0 Å². The van der Waals surface area contributed by atoms with Gasteiger partial charge in [-0.05, 0) is 38.7 Å². The van der Waals surface area contributed by atoms with Crippen molar-refractivity contribution in [3.8, 4) is 0 Å². The van der Waals surface area contributed by atoms with Crippen LogP contribution in [0.4, 0.5) is 0 Å². The summed E-state index contributed by atoms with van der Waals surface area (Å²) in [6.45, 7) is 4.97. The zero-order valence-corrected chi connectivity index (χ0v) is 11.9. The van der Waals surface area contributed by atoms with Gasteiger partial charge in [-0.2, -0.15) is 0 Å². The van der Waals surface area contributed by atoms with Gasteiger partial charge in [0.05, 0.1) is 0 Å². The fourth-order valence-electron chi connectivity index (χ4n) is 2.72. The molecule has 1 heterocycles. The highest BCUT2D eigenvalue weighted by molar-refractivity contribution is 5.77. The summed E-state index contributed by atoms with van der Waals surface area (Å²) < 4.78 is 0. The molecule has 1 unspecified atom stereocenters. The number of benzene rings is 1. The van der Waals surface area contributed by atoms with Crippen LogP contribution in [-0.2, 0) is 11.2 Å². The lowest BCUT2D eigenvalue weighted by Crippen LogP contribution is -2.56. The molecule has 3 heteroatoms. The van der Waals surface area contributed by atoms with E-state index in [-0.39, 0.29) is 17.5 Å². The van der Waals surface area contributed by atoms with Crippen molar-refractivity contribution in [1.82, 2.24) is 4.90 Å². The van der Waals surface area contributed by atoms with E-state index in [4.69, 9.17) is 5.73 Å². The summed E-state index contributed by atoms with van der Waals surface area (Å²) in [7, 11) is 0. The lowest BCUT2D eigenvalue weighted by Gasteiger charge is -2.45. The van der Waals surface area contributed by atoms with E-state index in [1.807, 2.05) is 23.1 Å². The maximum absolute atomic E-state index is 12.4. The Balaban J connectivity index is 1.95. The van der Waals surface area contributed by atoms with E-state index >= 15 is 0 Å². The van der Waals surface area contributed by atoms with Gasteiger partial charge >= 0.3 is 0 Å². The van der Waals surface area contributed by atoms with Crippen LogP contribution in [0.5, 0.6) is 0 Å². The molecule has 2 N–H and O–H groups in total. The summed E-state index contributed by atoms with van der Waals surface area (Å²) in [4.78, 5) is 14.4. The molecule has 1 fully saturated rings. The van der Waals surface area contributed by atoms with Crippen LogP contribution in [0.3, 0.4) is 0 Å². The molecule has 3 nitrogen and oxygen atoms in total. The number of nitrogens with two attached hydrogens (primary N) is 1. The van der Waals surface area contributed by atoms with Gasteiger partial charge in [0.2, 0.25) is 5.91 Å². The number of amides is 1. The van der Waals surface area contributed by atoms with Crippen molar-refractivity contribution in [3.63, 3.8) is 0 Å². The van der Waals surface area contributed by atoms with Crippen LogP contribution in [-0.4, -0.2) is 28.9 Å². The van der Waals surface area contributed by atoms with Gasteiger partial charge in [0.1, 0.15) is 0 Å². The number of piperidine rings is 1. The zero-order valence-electron chi connectivity index (χ0n) is 11.9. The first-order valence-corrected chi connectivity index (χ1v) is 7.09. The van der Waals surface area contributed by atoms with E-state index < -0.39 is 0 Å². The molecule has 1 aliphatic heterocycles. The number of rotatable bonds is 3. The van der Waals surface area contributed by atoms with E-state index in [1.54, 1.807) is 0 Å². The van der Waals surface area contributed by atoms with Crippen molar-refractivity contribution < 1.29 is 4.79 Å². The average Bonchev–Trinajstić information content (AvgIpc) is 2.40. The molecule has 0 bridgehead atoms. The minimum absolute atomic E-state index is 0.0519. The van der Waals surface area contributed by atoms with Gasteiger partial charge in [0, 0.05) is 24.5 Å². The van der Waals surface area contributed by atoms with Gasteiger partial charge in [-0.25, -0.2) is 0 Å². The van der Waals surface area contributed by atoms with Crippen molar-refractivity contribution in [3.05, 3.63) is 35.9 Å². The third-order valence-electron chi connectivity index (χ3n) is 4.05. The first-order valence-electron chi connectivity index (χ1n) is 7.09. The zero-order chi connectivity index (χ0) is 13.9. The second-order valence-corrected chi connectivity index (χ2v) is 6.10. The fraction of sp³-hybridized carbons (Fsp3) is 0.562. The van der Waals surface area contributed by atoms with Crippen molar-refractivity contribution in [2.24, 2.45) is 5.73 Å². The quantitative estimate of drug-likeness (QED) is 0.906. The van der Waals surface area contributed by atoms with E-state index in [2.05, 4.69) is 26.0 Å². The second-order valence-electron chi connectivity index (χ2n) is 6.10. The van der Waals surface area contributed by atoms with Crippen LogP contribution in [0.15, 0.2) is 30.3 Å². The third-order valence-corrected chi connectivity index (χ3v) is 4.05. The van der Waals surface area contributed by atoms with Gasteiger partial charge in [-0.15, -0.1) is 0 Å². The molecule has 0 radical (unpaired) electrons. The van der Waals surface area contributed by atoms with Crippen molar-refractivity contribution in [2.45, 2.75) is 51.1 Å². The molecule has 1 aliphatic rings. The number of likely N-dealkylation sites (tertiary alicyclic amines) is 1. The Morgan fingerprint density at radius 2 is 2.05 bits per heavy atom. The molecule has 1 aromatic rings. The normalized spacial score (nSPS) is 22.3. The predicted molar refractivity (Wildman–Crippen MR) is 77.8 cm³/mol. The molecule has 1 atom stereocenters. The Morgan fingerprint density at radius 3 is 2.74 bits per heavy atom. The Hall–Kier alpha value is -1.35. The summed E-state index contributed by atoms with van der Waals surface area (Å²) >= 11 is 0. The van der Waals surface area contributed by atoms with Crippen molar-refractivity contribution >= 4 is 5.91 Å². The van der Waals surface area contributed by atoms with Crippen LogP contribution in [0.2, 0.25) is 0 Å². The maximum atomic E-state index is 12.4. The molecule has 0 aromatic heterocycles. The standard InChI is InChI=1S/C16H24N2O/c1-16(2)11-10-14(17)12-18(16)15(19)9-8-13-6-4-3-5-7-13/h3-7,14H,8-12,17H2,1-2H3. The number of carbonyl (C=O) groups is 1. The molecule has 1 saturated heterocycles. The Bertz CT molecular complexity index is 428. The van der Waals surface area contributed by atoms with E-state index in [0.29, 0.717) is 13.0 Å². The highest BCUT2D eigenvalue weighted by Gasteiger charge is 2.35. The van der Waals surface area contributed by atoms with Crippen molar-refractivity contribution in [1.29, 1.82) is 0 Å². The number of hydrogen-bond donors (Lipinski definition) is 1. The lowest BCUT2D eigenvalue weighted by atomic mass is 9.88. The van der Waals surface area contributed by atoms with Gasteiger partial charge in [0.15, 0.2) is 0 Å². The summed E-state index contributed by atoms with van der Waals surface area (Å²) in [5.74, 6) is 0.226. The van der Waals surface area contributed by atoms with Gasteiger partial charge in [0.25, 0.3) is 0 Å². The third kappa shape index (κ3) is 3.57. The molecule has 1 aromatic carbocycles. The number of nitrogens with zero attached hydrogens (tertiary/aromatic N) is 1. The number of carbonyl (C=O) groups excluding carboxylic acids is 1. The number of hydrogen-bond acceptors (Lipinski definition) is 2. The van der Waals surface area contributed by atoms with E-state index in [9.17, 15) is 4.79 Å². The Morgan fingerprint density at radius 1 is 1.37 bits per heavy atom. The summed E-state index contributed by atoms with van der Waals surface area (Å²) in [6, 6.07) is 10.3. The highest BCUT2D eigenvalue weighted by Crippen LogP contribution is 2.27. The Kier molecular flexibility index (Phi) is 4.25. The lowest BCUT2D eigenvalue weighted by molar-refractivity contribution is -0.138. The fourth-order valence-corrected chi connectivity index (χ4v) is 2.72. The SMILES string of the molecule is CC1(C)CCC(N)CN1C(=O)CCc1ccccc1. The van der Waals surface area contributed by atoms with Crippen LogP contribution >= 0.6 is 0 Å². The maximum Gasteiger partial charge on any atom is 0.223 e. The van der Waals surface area contributed by atoms with Gasteiger partial charge in [-0.1, -0.05) is 30.3 Å². The molecule has 0 spiro atoms. The van der Waals surface area contributed by atoms with Gasteiger partial charge < -0.3 is 10.6 Å². The van der Waals surface area contributed by atoms with E-state index in [1.165, 1.54) is 5.56 Å². The topological polar surface area (TPSA) is 46.3 Å². The van der Waals surface area contributed by atoms with Crippen LogP contribution < -0.4 is 5.73 Å². The Labute approximate surface area is 115 Å². The first-order chi connectivity index (χ1) is 8.99. The summed E-state index contributed by atoms with van der Waals surface area (Å²) in [5, 5.41) is 0. The minimum Gasteiger partial charge on any atom is -0.336 e. The summed E-state index contributed by atoms with van der Waals surface area (Å²) in [5.41, 5.74) is 7.16. The molecular weight excluding hydrogens is 236 g/mol. The molecule has 1 amide bonds. The highest BCUT2D eigenvalue weighted by atomic mass is 16.2. The monoisotopic (exact) mass is 260 g/mol. The van der Waals surface area contributed by atoms with Crippen LogP contribution in [0.1, 0.15) is 38.7 Å². The average molecular weight is 260 g/mol. The molecule has 0 aliphatic carbocycles. The second kappa shape index (κ2) is 5.74. The minimum atomic E-state index is -0.0519. The van der Waals surface area contributed by atoms with E-state index in [0.717, 1.165) is 19.3 Å². The number of aryl methyl sites for hydroxylation is 1. The largest absolute Gasteiger partial charge is 0.336 e. The van der Waals surface area contributed by atoms with Crippen LogP contribution in [0, 0.1) is 0 Å². The predicted octanol–water partition coefficient (Wildman–Crippen LogP) is 2.35. The molecular formula is C16H24N2O. The van der Waals surface area contributed by atoms with Gasteiger partial charge in [-0.3, -0.25) is 4.79 Å². The molecule has 104 valence electrons. The molecule has 19 heavy (non-hydrogen) atoms.